The van der Waals surface area contributed by atoms with E-state index in [2.05, 4.69) is 0 Å². The number of benzene rings is 3. The van der Waals surface area contributed by atoms with Crippen molar-refractivity contribution in [2.75, 3.05) is 21.3 Å². The Hall–Kier alpha value is -3.15. The lowest BCUT2D eigenvalue weighted by atomic mass is 10.1. The van der Waals surface area contributed by atoms with E-state index in [0.29, 0.717) is 33.1 Å². The van der Waals surface area contributed by atoms with Crippen molar-refractivity contribution in [1.29, 1.82) is 0 Å². The van der Waals surface area contributed by atoms with E-state index < -0.39 is 0 Å². The maximum Gasteiger partial charge on any atom is 0.146 e. The number of methoxy groups -OCH3 is 3. The molecule has 0 aliphatic carbocycles. The average molecular weight is 455 g/mol. The summed E-state index contributed by atoms with van der Waals surface area (Å²) in [6.45, 7) is 0. The third kappa shape index (κ3) is 4.20. The van der Waals surface area contributed by atoms with Crippen LogP contribution in [0.5, 0.6) is 17.2 Å². The van der Waals surface area contributed by atoms with Crippen LogP contribution in [0.1, 0.15) is 0 Å². The van der Waals surface area contributed by atoms with E-state index in [1.807, 2.05) is 59.3 Å². The Bertz CT molecular complexity index is 1220. The van der Waals surface area contributed by atoms with Crippen molar-refractivity contribution >= 4 is 23.2 Å². The molecular weight excluding hydrogens is 435 g/mol. The van der Waals surface area contributed by atoms with Gasteiger partial charge in [0.15, 0.2) is 0 Å². The highest BCUT2D eigenvalue weighted by molar-refractivity contribution is 6.34. The topological polar surface area (TPSA) is 45.5 Å². The number of imidazole rings is 1. The average Bonchev–Trinajstić information content (AvgIpc) is 3.23. The number of rotatable bonds is 6. The Morgan fingerprint density at radius 2 is 1.19 bits per heavy atom. The summed E-state index contributed by atoms with van der Waals surface area (Å²) in [4.78, 5) is 4.88. The van der Waals surface area contributed by atoms with Crippen LogP contribution in [-0.2, 0) is 0 Å². The second-order valence-electron chi connectivity index (χ2n) is 6.71. The number of hydrogen-bond donors (Lipinski definition) is 0. The van der Waals surface area contributed by atoms with Crippen molar-refractivity contribution in [2.45, 2.75) is 0 Å². The zero-order chi connectivity index (χ0) is 22.0. The minimum absolute atomic E-state index is 0.534. The molecule has 1 aromatic heterocycles. The van der Waals surface area contributed by atoms with Crippen molar-refractivity contribution in [3.63, 3.8) is 0 Å². The highest BCUT2D eigenvalue weighted by Crippen LogP contribution is 2.37. The molecule has 0 atom stereocenters. The molecule has 0 fully saturated rings. The summed E-state index contributed by atoms with van der Waals surface area (Å²) in [6, 6.07) is 18.7. The first-order chi connectivity index (χ1) is 15.0. The molecule has 0 aliphatic heterocycles. The van der Waals surface area contributed by atoms with E-state index in [1.54, 1.807) is 33.5 Å². The van der Waals surface area contributed by atoms with E-state index in [1.165, 1.54) is 0 Å². The van der Waals surface area contributed by atoms with Crippen LogP contribution in [-0.4, -0.2) is 30.9 Å². The third-order valence-electron chi connectivity index (χ3n) is 4.93. The first-order valence-corrected chi connectivity index (χ1v) is 10.2. The fourth-order valence-corrected chi connectivity index (χ4v) is 3.80. The maximum absolute atomic E-state index is 6.58. The Morgan fingerprint density at radius 3 is 1.71 bits per heavy atom. The van der Waals surface area contributed by atoms with E-state index in [0.717, 1.165) is 22.6 Å². The molecule has 5 nitrogen and oxygen atoms in total. The van der Waals surface area contributed by atoms with Crippen molar-refractivity contribution in [3.05, 3.63) is 76.9 Å². The number of hydrogen-bond acceptors (Lipinski definition) is 4. The predicted octanol–water partition coefficient (Wildman–Crippen LogP) is 6.54. The molecule has 158 valence electrons. The van der Waals surface area contributed by atoms with Gasteiger partial charge in [0.1, 0.15) is 23.1 Å². The number of halogens is 2. The Kier molecular flexibility index (Phi) is 6.07. The second-order valence-corrected chi connectivity index (χ2v) is 7.52. The van der Waals surface area contributed by atoms with Gasteiger partial charge in [0.25, 0.3) is 0 Å². The van der Waals surface area contributed by atoms with Crippen LogP contribution >= 0.6 is 23.2 Å². The van der Waals surface area contributed by atoms with Crippen LogP contribution in [0.25, 0.3) is 28.3 Å². The molecule has 0 radical (unpaired) electrons. The summed E-state index contributed by atoms with van der Waals surface area (Å²) in [5.74, 6) is 2.81. The Labute approximate surface area is 190 Å². The summed E-state index contributed by atoms with van der Waals surface area (Å²) in [5.41, 5.74) is 3.19. The summed E-state index contributed by atoms with van der Waals surface area (Å²) >= 11 is 13.1. The number of nitrogens with zero attached hydrogens (tertiary/aromatic N) is 2. The Morgan fingerprint density at radius 1 is 0.677 bits per heavy atom. The van der Waals surface area contributed by atoms with Gasteiger partial charge < -0.3 is 14.2 Å². The quantitative estimate of drug-likeness (QED) is 0.331. The van der Waals surface area contributed by atoms with Crippen LogP contribution in [0.2, 0.25) is 10.0 Å². The number of aromatic nitrogens is 2. The first-order valence-electron chi connectivity index (χ1n) is 9.45. The third-order valence-corrected chi connectivity index (χ3v) is 5.55. The normalized spacial score (nSPS) is 10.7. The summed E-state index contributed by atoms with van der Waals surface area (Å²) < 4.78 is 17.8. The lowest BCUT2D eigenvalue weighted by Gasteiger charge is -2.10. The monoisotopic (exact) mass is 454 g/mol. The van der Waals surface area contributed by atoms with Crippen LogP contribution in [0.15, 0.2) is 66.9 Å². The SMILES string of the molecule is COc1ccc(-n2cc(-c3ccc(OC)cc3Cl)nc2-c2ccc(OC)cc2Cl)cc1. The Balaban J connectivity index is 1.90. The summed E-state index contributed by atoms with van der Waals surface area (Å²) in [7, 11) is 4.85. The van der Waals surface area contributed by atoms with Crippen LogP contribution in [0.4, 0.5) is 0 Å². The minimum Gasteiger partial charge on any atom is -0.497 e. The first kappa shape index (κ1) is 21.1. The van der Waals surface area contributed by atoms with Gasteiger partial charge in [0, 0.05) is 23.0 Å². The van der Waals surface area contributed by atoms with E-state index >= 15 is 0 Å². The largest absolute Gasteiger partial charge is 0.497 e. The molecule has 0 unspecified atom stereocenters. The predicted molar refractivity (Wildman–Crippen MR) is 124 cm³/mol. The molecule has 7 heteroatoms. The molecule has 31 heavy (non-hydrogen) atoms. The molecule has 1 heterocycles. The lowest BCUT2D eigenvalue weighted by Crippen LogP contribution is -1.97. The van der Waals surface area contributed by atoms with Gasteiger partial charge in [-0.3, -0.25) is 4.57 Å². The highest BCUT2D eigenvalue weighted by Gasteiger charge is 2.18. The molecule has 0 aliphatic rings. The smallest absolute Gasteiger partial charge is 0.146 e. The van der Waals surface area contributed by atoms with E-state index in [-0.39, 0.29) is 0 Å². The second kappa shape index (κ2) is 8.92. The molecule has 0 N–H and O–H groups in total. The standard InChI is InChI=1S/C24H20Cl2N2O3/c1-29-16-6-4-15(5-7-16)28-14-23(19-10-8-17(30-2)12-21(19)25)27-24(28)20-11-9-18(31-3)13-22(20)26/h4-14H,1-3H3. The molecule has 4 rings (SSSR count). The zero-order valence-corrected chi connectivity index (χ0v) is 18.7. The summed E-state index contributed by atoms with van der Waals surface area (Å²) in [5, 5.41) is 1.08. The van der Waals surface area contributed by atoms with E-state index in [4.69, 9.17) is 42.4 Å². The highest BCUT2D eigenvalue weighted by atomic mass is 35.5. The molecule has 0 saturated heterocycles. The molecular formula is C24H20Cl2N2O3. The lowest BCUT2D eigenvalue weighted by molar-refractivity contribution is 0.414. The maximum atomic E-state index is 6.58. The zero-order valence-electron chi connectivity index (χ0n) is 17.2. The van der Waals surface area contributed by atoms with Crippen molar-refractivity contribution in [3.8, 4) is 45.6 Å². The van der Waals surface area contributed by atoms with Gasteiger partial charge in [0.2, 0.25) is 0 Å². The van der Waals surface area contributed by atoms with E-state index in [9.17, 15) is 0 Å². The fraction of sp³-hybridized carbons (Fsp3) is 0.125. The van der Waals surface area contributed by atoms with Crippen LogP contribution in [0, 0.1) is 0 Å². The molecule has 0 amide bonds. The molecule has 0 spiro atoms. The van der Waals surface area contributed by atoms with Gasteiger partial charge in [-0.2, -0.15) is 0 Å². The molecule has 3 aromatic carbocycles. The van der Waals surface area contributed by atoms with Crippen molar-refractivity contribution < 1.29 is 14.2 Å². The molecule has 0 saturated carbocycles. The number of ether oxygens (including phenoxy) is 3. The van der Waals surface area contributed by atoms with Crippen molar-refractivity contribution in [1.82, 2.24) is 9.55 Å². The molecule has 4 aromatic rings. The van der Waals surface area contributed by atoms with Gasteiger partial charge in [-0.15, -0.1) is 0 Å². The minimum atomic E-state index is 0.534. The summed E-state index contributed by atoms with van der Waals surface area (Å²) in [6.07, 6.45) is 1.94. The van der Waals surface area contributed by atoms with Crippen LogP contribution < -0.4 is 14.2 Å². The van der Waals surface area contributed by atoms with Crippen LogP contribution in [0.3, 0.4) is 0 Å². The fourth-order valence-electron chi connectivity index (χ4n) is 3.27. The van der Waals surface area contributed by atoms with Gasteiger partial charge in [-0.05, 0) is 60.7 Å². The van der Waals surface area contributed by atoms with Gasteiger partial charge in [0.05, 0.1) is 37.1 Å². The van der Waals surface area contributed by atoms with Gasteiger partial charge in [-0.1, -0.05) is 23.2 Å². The van der Waals surface area contributed by atoms with Gasteiger partial charge in [-0.25, -0.2) is 4.98 Å². The van der Waals surface area contributed by atoms with Crippen molar-refractivity contribution in [2.24, 2.45) is 0 Å². The molecule has 0 bridgehead atoms. The van der Waals surface area contributed by atoms with Gasteiger partial charge >= 0.3 is 0 Å².